The number of nitrogens with one attached hydrogen (secondary N) is 1. The Labute approximate surface area is 188 Å². The predicted molar refractivity (Wildman–Crippen MR) is 100 cm³/mol. The molecule has 1 fully saturated rings. The molecular formula is C15H20N3O15P. The minimum absolute atomic E-state index is 0.586. The number of phosphoric acid groups is 1. The Balaban J connectivity index is 1.68. The van der Waals surface area contributed by atoms with Gasteiger partial charge in [-0.15, -0.1) is 4.67 Å². The molecule has 1 amide bonds. The summed E-state index contributed by atoms with van der Waals surface area (Å²) in [7, 11) is -4.65. The van der Waals surface area contributed by atoms with Crippen molar-refractivity contribution in [2.45, 2.75) is 49.0 Å². The molecule has 1 aromatic rings. The molecule has 18 nitrogen and oxygen atoms in total. The van der Waals surface area contributed by atoms with E-state index in [4.69, 9.17) is 23.8 Å². The number of phosphoric ester groups is 1. The Bertz CT molecular complexity index is 1070. The number of nitrogens with zero attached hydrogens (tertiary/aromatic N) is 2. The third-order valence-corrected chi connectivity index (χ3v) is 6.27. The lowest BCUT2D eigenvalue weighted by atomic mass is 10.0. The number of aliphatic hydroxyl groups excluding tert-OH is 7. The standard InChI is InChI=1S/C15H20N3O15P/c19-1-3(21)5(22)6(23)7(24)12(26)16-11-10-14-18(15(27)17-11)13-8(25)9(4(2-20)29-13)30-33-34(28,31-10)32-14/h3-9,13,19-25H,1-2H2,(H,16,17,26,27)/t3?,4-,5?,6?,7?,8-,9-,13?,34?/m1/s1. The summed E-state index contributed by atoms with van der Waals surface area (Å²) in [5.41, 5.74) is -1.24. The van der Waals surface area contributed by atoms with Crippen LogP contribution in [0.1, 0.15) is 6.23 Å². The highest BCUT2D eigenvalue weighted by molar-refractivity contribution is 7.49. The van der Waals surface area contributed by atoms with Gasteiger partial charge in [-0.2, -0.15) is 4.98 Å². The van der Waals surface area contributed by atoms with E-state index < -0.39 is 99.0 Å². The molecule has 3 aliphatic heterocycles. The van der Waals surface area contributed by atoms with E-state index >= 15 is 0 Å². The molecular weight excluding hydrogens is 493 g/mol. The Morgan fingerprint density at radius 3 is 2.53 bits per heavy atom. The van der Waals surface area contributed by atoms with Crippen molar-refractivity contribution in [1.82, 2.24) is 9.55 Å². The number of anilines is 1. The van der Waals surface area contributed by atoms with Gasteiger partial charge in [0.15, 0.2) is 24.3 Å². The lowest BCUT2D eigenvalue weighted by molar-refractivity contribution is -0.277. The van der Waals surface area contributed by atoms with Crippen molar-refractivity contribution in [2.24, 2.45) is 0 Å². The molecule has 4 rings (SSSR count). The smallest absolute Gasteiger partial charge is 0.394 e. The normalized spacial score (nSPS) is 32.9. The first-order valence-corrected chi connectivity index (χ1v) is 11.1. The number of hydrogen-bond acceptors (Lipinski definition) is 16. The average molecular weight is 513 g/mol. The average Bonchev–Trinajstić information content (AvgIpc) is 3.33. The molecule has 4 heterocycles. The number of carbonyl (C=O) groups is 1. The Hall–Kier alpha value is -2.22. The molecule has 0 radical (unpaired) electrons. The molecule has 8 N–H and O–H groups in total. The van der Waals surface area contributed by atoms with Gasteiger partial charge in [0, 0.05) is 0 Å². The summed E-state index contributed by atoms with van der Waals surface area (Å²) in [6.45, 7) is -1.67. The van der Waals surface area contributed by atoms with Crippen molar-refractivity contribution >= 4 is 19.5 Å². The van der Waals surface area contributed by atoms with E-state index in [2.05, 4.69) is 9.66 Å². The van der Waals surface area contributed by atoms with Crippen molar-refractivity contribution in [3.8, 4) is 11.6 Å². The summed E-state index contributed by atoms with van der Waals surface area (Å²) >= 11 is 0. The van der Waals surface area contributed by atoms with Gasteiger partial charge in [0.25, 0.3) is 11.8 Å². The van der Waals surface area contributed by atoms with Crippen molar-refractivity contribution < 1.29 is 68.5 Å². The molecule has 34 heavy (non-hydrogen) atoms. The maximum Gasteiger partial charge on any atom is 0.617 e. The monoisotopic (exact) mass is 513 g/mol. The molecule has 0 spiro atoms. The van der Waals surface area contributed by atoms with Crippen molar-refractivity contribution in [1.29, 1.82) is 0 Å². The number of ether oxygens (including phenoxy) is 1. The first kappa shape index (κ1) is 24.9. The van der Waals surface area contributed by atoms with Crippen LogP contribution in [0.3, 0.4) is 0 Å². The number of amides is 1. The fraction of sp³-hybridized carbons (Fsp3) is 0.667. The second-order valence-corrected chi connectivity index (χ2v) is 8.82. The molecule has 4 bridgehead atoms. The number of carbonyl (C=O) groups excluding carboxylic acids is 1. The lowest BCUT2D eigenvalue weighted by Gasteiger charge is -2.25. The van der Waals surface area contributed by atoms with Crippen molar-refractivity contribution in [2.75, 3.05) is 18.5 Å². The number of hydrogen-bond donors (Lipinski definition) is 8. The fourth-order valence-electron chi connectivity index (χ4n) is 3.41. The molecule has 190 valence electrons. The van der Waals surface area contributed by atoms with Crippen LogP contribution in [0.2, 0.25) is 0 Å². The summed E-state index contributed by atoms with van der Waals surface area (Å²) in [4.78, 5) is 33.5. The largest absolute Gasteiger partial charge is 0.617 e. The number of fused-ring (bicyclic) bond motifs is 4. The van der Waals surface area contributed by atoms with Crippen LogP contribution < -0.4 is 20.1 Å². The van der Waals surface area contributed by atoms with Crippen LogP contribution >= 0.6 is 7.82 Å². The van der Waals surface area contributed by atoms with Crippen LogP contribution in [-0.4, -0.2) is 107 Å². The molecule has 19 heteroatoms. The predicted octanol–water partition coefficient (Wildman–Crippen LogP) is -4.92. The first-order chi connectivity index (χ1) is 16.0. The minimum atomic E-state index is -4.65. The van der Waals surface area contributed by atoms with E-state index in [9.17, 15) is 44.8 Å². The van der Waals surface area contributed by atoms with E-state index in [0.717, 1.165) is 0 Å². The van der Waals surface area contributed by atoms with E-state index in [1.165, 1.54) is 0 Å². The quantitative estimate of drug-likeness (QED) is 0.125. The summed E-state index contributed by atoms with van der Waals surface area (Å²) in [5, 5.41) is 69.5. The summed E-state index contributed by atoms with van der Waals surface area (Å²) in [6, 6.07) is 0. The molecule has 6 unspecified atom stereocenters. The van der Waals surface area contributed by atoms with Crippen LogP contribution in [0.5, 0.6) is 11.6 Å². The SMILES string of the molecule is O=C(Nc1nc(=O)n2c3c1OP(=O)(OO[C@@H]1[C@@H](CO)OC2[C@@H]1O)O3)C(O)C(O)C(O)C(O)CO. The number of aromatic nitrogens is 2. The second-order valence-electron chi connectivity index (χ2n) is 7.42. The molecule has 1 aromatic heterocycles. The zero-order chi connectivity index (χ0) is 24.9. The number of aliphatic hydroxyl groups is 7. The Kier molecular flexibility index (Phi) is 6.66. The second kappa shape index (κ2) is 9.10. The Morgan fingerprint density at radius 1 is 1.18 bits per heavy atom. The molecule has 1 saturated heterocycles. The maximum atomic E-state index is 12.8. The fourth-order valence-corrected chi connectivity index (χ4v) is 4.48. The molecule has 0 saturated carbocycles. The first-order valence-electron chi connectivity index (χ1n) is 9.60. The van der Waals surface area contributed by atoms with E-state index in [-0.39, 0.29) is 0 Å². The third-order valence-electron chi connectivity index (χ3n) is 5.20. The van der Waals surface area contributed by atoms with Gasteiger partial charge in [-0.05, 0) is 0 Å². The third kappa shape index (κ3) is 4.08. The van der Waals surface area contributed by atoms with Crippen LogP contribution in [0.4, 0.5) is 5.82 Å². The van der Waals surface area contributed by atoms with Crippen molar-refractivity contribution in [3.05, 3.63) is 10.5 Å². The van der Waals surface area contributed by atoms with E-state index in [1.807, 2.05) is 5.32 Å². The van der Waals surface area contributed by atoms with Gasteiger partial charge in [0.2, 0.25) is 5.75 Å². The van der Waals surface area contributed by atoms with Gasteiger partial charge >= 0.3 is 13.5 Å². The zero-order valence-electron chi connectivity index (χ0n) is 16.8. The minimum Gasteiger partial charge on any atom is -0.394 e. The summed E-state index contributed by atoms with van der Waals surface area (Å²) < 4.78 is 33.5. The van der Waals surface area contributed by atoms with Gasteiger partial charge in [0.1, 0.15) is 30.5 Å². The zero-order valence-corrected chi connectivity index (χ0v) is 17.7. The highest BCUT2D eigenvalue weighted by Gasteiger charge is 2.55. The van der Waals surface area contributed by atoms with Gasteiger partial charge in [-0.1, -0.05) is 0 Å². The van der Waals surface area contributed by atoms with Crippen molar-refractivity contribution in [3.63, 3.8) is 0 Å². The number of rotatable bonds is 7. The lowest BCUT2D eigenvalue weighted by Crippen LogP contribution is -2.50. The molecule has 3 aliphatic rings. The molecule has 0 aromatic carbocycles. The topological polar surface area (TPSA) is 269 Å². The van der Waals surface area contributed by atoms with E-state index in [0.29, 0.717) is 4.57 Å². The van der Waals surface area contributed by atoms with Crippen LogP contribution in [0.15, 0.2) is 4.79 Å². The van der Waals surface area contributed by atoms with Gasteiger partial charge in [0.05, 0.1) is 13.2 Å². The van der Waals surface area contributed by atoms with Gasteiger partial charge < -0.3 is 54.8 Å². The maximum absolute atomic E-state index is 12.8. The molecule has 9 atom stereocenters. The van der Waals surface area contributed by atoms with Crippen LogP contribution in [0, 0.1) is 0 Å². The Morgan fingerprint density at radius 2 is 1.88 bits per heavy atom. The van der Waals surface area contributed by atoms with Gasteiger partial charge in [-0.25, -0.2) is 18.8 Å². The highest BCUT2D eigenvalue weighted by atomic mass is 31.2. The van der Waals surface area contributed by atoms with Crippen LogP contribution in [0.25, 0.3) is 0 Å². The molecule has 0 aliphatic carbocycles. The van der Waals surface area contributed by atoms with Gasteiger partial charge in [-0.3, -0.25) is 4.79 Å². The summed E-state index contributed by atoms with van der Waals surface area (Å²) in [5.74, 6) is -3.57. The van der Waals surface area contributed by atoms with E-state index in [1.54, 1.807) is 0 Å². The van der Waals surface area contributed by atoms with Crippen LogP contribution in [-0.2, 0) is 23.7 Å². The summed E-state index contributed by atoms with van der Waals surface area (Å²) in [6.07, 6.45) is -14.5. The highest BCUT2D eigenvalue weighted by Crippen LogP contribution is 2.62.